The summed E-state index contributed by atoms with van der Waals surface area (Å²) >= 11 is 1.69. The minimum atomic E-state index is 0.483. The van der Waals surface area contributed by atoms with Crippen molar-refractivity contribution in [3.05, 3.63) is 16.1 Å². The second-order valence-electron chi connectivity index (χ2n) is 4.52. The summed E-state index contributed by atoms with van der Waals surface area (Å²) < 4.78 is 5.00. The minimum Gasteiger partial charge on any atom is -0.385 e. The molecule has 2 N–H and O–H groups in total. The van der Waals surface area contributed by atoms with Gasteiger partial charge in [0, 0.05) is 32.7 Å². The molecule has 0 aliphatic rings. The Morgan fingerprint density at radius 3 is 2.84 bits per heavy atom. The van der Waals surface area contributed by atoms with Crippen LogP contribution < -0.4 is 10.6 Å². The highest BCUT2D eigenvalue weighted by Gasteiger charge is 2.06. The summed E-state index contributed by atoms with van der Waals surface area (Å²) in [5.74, 6) is 1.29. The zero-order chi connectivity index (χ0) is 14.1. The predicted octanol–water partition coefficient (Wildman–Crippen LogP) is 1.97. The van der Waals surface area contributed by atoms with Crippen molar-refractivity contribution in [2.24, 2.45) is 4.99 Å². The topological polar surface area (TPSA) is 58.5 Å². The predicted molar refractivity (Wildman–Crippen MR) is 80.9 cm³/mol. The van der Waals surface area contributed by atoms with Gasteiger partial charge in [-0.2, -0.15) is 0 Å². The minimum absolute atomic E-state index is 0.483. The van der Waals surface area contributed by atoms with E-state index in [1.165, 1.54) is 0 Å². The van der Waals surface area contributed by atoms with Crippen LogP contribution in [0.4, 0.5) is 0 Å². The van der Waals surface area contributed by atoms with Crippen LogP contribution in [0.1, 0.15) is 36.9 Å². The molecule has 19 heavy (non-hydrogen) atoms. The maximum Gasteiger partial charge on any atom is 0.191 e. The van der Waals surface area contributed by atoms with E-state index >= 15 is 0 Å². The SMILES string of the molecule is CN=C(NCCCOC)NCc1nc(C(C)C)cs1. The lowest BCUT2D eigenvalue weighted by Gasteiger charge is -2.10. The first kappa shape index (κ1) is 15.9. The number of hydrogen-bond donors (Lipinski definition) is 2. The Balaban J connectivity index is 2.32. The lowest BCUT2D eigenvalue weighted by molar-refractivity contribution is 0.195. The average Bonchev–Trinajstić information content (AvgIpc) is 2.87. The first-order valence-electron chi connectivity index (χ1n) is 6.55. The normalized spacial score (nSPS) is 11.9. The number of hydrogen-bond acceptors (Lipinski definition) is 4. The Labute approximate surface area is 119 Å². The molecule has 0 saturated carbocycles. The fraction of sp³-hybridized carbons (Fsp3) is 0.692. The maximum atomic E-state index is 5.00. The van der Waals surface area contributed by atoms with E-state index in [4.69, 9.17) is 4.74 Å². The Hall–Kier alpha value is -1.14. The molecular formula is C13H24N4OS. The summed E-state index contributed by atoms with van der Waals surface area (Å²) in [6.45, 7) is 6.63. The second-order valence-corrected chi connectivity index (χ2v) is 5.46. The average molecular weight is 284 g/mol. The number of rotatable bonds is 7. The van der Waals surface area contributed by atoms with Crippen LogP contribution >= 0.6 is 11.3 Å². The van der Waals surface area contributed by atoms with Crippen molar-refractivity contribution >= 4 is 17.3 Å². The van der Waals surface area contributed by atoms with Gasteiger partial charge in [0.2, 0.25) is 0 Å². The molecule has 0 aliphatic heterocycles. The molecule has 0 aliphatic carbocycles. The van der Waals surface area contributed by atoms with Crippen LogP contribution in [-0.4, -0.2) is 38.3 Å². The Kier molecular flexibility index (Phi) is 7.43. The van der Waals surface area contributed by atoms with Gasteiger partial charge < -0.3 is 15.4 Å². The lowest BCUT2D eigenvalue weighted by Crippen LogP contribution is -2.37. The molecule has 0 amide bonds. The van der Waals surface area contributed by atoms with E-state index in [9.17, 15) is 0 Å². The quantitative estimate of drug-likeness (QED) is 0.456. The fourth-order valence-electron chi connectivity index (χ4n) is 1.47. The van der Waals surface area contributed by atoms with Gasteiger partial charge in [-0.05, 0) is 12.3 Å². The third-order valence-electron chi connectivity index (χ3n) is 2.61. The Morgan fingerprint density at radius 2 is 2.26 bits per heavy atom. The van der Waals surface area contributed by atoms with E-state index in [-0.39, 0.29) is 0 Å². The summed E-state index contributed by atoms with van der Waals surface area (Å²) in [4.78, 5) is 8.75. The third kappa shape index (κ3) is 6.02. The van der Waals surface area contributed by atoms with Crippen molar-refractivity contribution in [2.45, 2.75) is 32.7 Å². The van der Waals surface area contributed by atoms with E-state index in [2.05, 4.69) is 39.8 Å². The van der Waals surface area contributed by atoms with Crippen molar-refractivity contribution < 1.29 is 4.74 Å². The highest BCUT2D eigenvalue weighted by molar-refractivity contribution is 7.09. The molecule has 108 valence electrons. The monoisotopic (exact) mass is 284 g/mol. The van der Waals surface area contributed by atoms with Crippen molar-refractivity contribution in [3.63, 3.8) is 0 Å². The van der Waals surface area contributed by atoms with Gasteiger partial charge in [-0.3, -0.25) is 4.99 Å². The summed E-state index contributed by atoms with van der Waals surface area (Å²) in [6.07, 6.45) is 0.964. The van der Waals surface area contributed by atoms with Crippen LogP contribution in [0.15, 0.2) is 10.4 Å². The van der Waals surface area contributed by atoms with Crippen molar-refractivity contribution in [1.29, 1.82) is 0 Å². The third-order valence-corrected chi connectivity index (χ3v) is 3.48. The zero-order valence-electron chi connectivity index (χ0n) is 12.2. The first-order valence-corrected chi connectivity index (χ1v) is 7.43. The molecule has 1 heterocycles. The molecule has 5 nitrogen and oxygen atoms in total. The smallest absolute Gasteiger partial charge is 0.191 e. The molecule has 0 fully saturated rings. The number of nitrogens with zero attached hydrogens (tertiary/aromatic N) is 2. The number of aromatic nitrogens is 1. The summed E-state index contributed by atoms with van der Waals surface area (Å²) in [5.41, 5.74) is 1.16. The number of ether oxygens (including phenoxy) is 1. The van der Waals surface area contributed by atoms with Crippen LogP contribution in [0.25, 0.3) is 0 Å². The lowest BCUT2D eigenvalue weighted by atomic mass is 10.2. The van der Waals surface area contributed by atoms with E-state index in [1.54, 1.807) is 25.5 Å². The van der Waals surface area contributed by atoms with Gasteiger partial charge in [-0.15, -0.1) is 11.3 Å². The van der Waals surface area contributed by atoms with Gasteiger partial charge in [-0.1, -0.05) is 13.8 Å². The number of guanidine groups is 1. The molecule has 0 bridgehead atoms. The molecule has 0 unspecified atom stereocenters. The first-order chi connectivity index (χ1) is 9.17. The van der Waals surface area contributed by atoms with Crippen LogP contribution in [0.3, 0.4) is 0 Å². The van der Waals surface area contributed by atoms with E-state index in [0.717, 1.165) is 36.2 Å². The van der Waals surface area contributed by atoms with Crippen LogP contribution in [0, 0.1) is 0 Å². The molecule has 0 aromatic carbocycles. The molecule has 1 rings (SSSR count). The Morgan fingerprint density at radius 1 is 1.47 bits per heavy atom. The van der Waals surface area contributed by atoms with Gasteiger partial charge in [-0.25, -0.2) is 4.98 Å². The van der Waals surface area contributed by atoms with Crippen LogP contribution in [0.5, 0.6) is 0 Å². The van der Waals surface area contributed by atoms with Crippen LogP contribution in [0.2, 0.25) is 0 Å². The molecule has 0 spiro atoms. The molecule has 1 aromatic heterocycles. The highest BCUT2D eigenvalue weighted by atomic mass is 32.1. The van der Waals surface area contributed by atoms with E-state index in [1.807, 2.05) is 0 Å². The highest BCUT2D eigenvalue weighted by Crippen LogP contribution is 2.17. The summed E-state index contributed by atoms with van der Waals surface area (Å²) in [6, 6.07) is 0. The standard InChI is InChI=1S/C13H24N4OS/c1-10(2)11-9-19-12(17-11)8-16-13(14-3)15-6-5-7-18-4/h9-10H,5-8H2,1-4H3,(H2,14,15,16). The summed E-state index contributed by atoms with van der Waals surface area (Å²) in [7, 11) is 3.48. The Bertz CT molecular complexity index is 390. The number of methoxy groups -OCH3 is 1. The van der Waals surface area contributed by atoms with Gasteiger partial charge in [0.15, 0.2) is 5.96 Å². The number of thiazole rings is 1. The molecule has 1 aromatic rings. The van der Waals surface area contributed by atoms with E-state index in [0.29, 0.717) is 12.5 Å². The molecule has 0 saturated heterocycles. The second kappa shape index (κ2) is 8.87. The number of nitrogens with one attached hydrogen (secondary N) is 2. The van der Waals surface area contributed by atoms with Gasteiger partial charge in [0.1, 0.15) is 5.01 Å². The molecule has 0 atom stereocenters. The van der Waals surface area contributed by atoms with Gasteiger partial charge in [0.25, 0.3) is 0 Å². The molecule has 0 radical (unpaired) electrons. The molecular weight excluding hydrogens is 260 g/mol. The summed E-state index contributed by atoms with van der Waals surface area (Å²) in [5, 5.41) is 9.71. The van der Waals surface area contributed by atoms with Crippen molar-refractivity contribution in [3.8, 4) is 0 Å². The molecule has 6 heteroatoms. The van der Waals surface area contributed by atoms with Gasteiger partial charge >= 0.3 is 0 Å². The van der Waals surface area contributed by atoms with E-state index < -0.39 is 0 Å². The largest absolute Gasteiger partial charge is 0.385 e. The number of aliphatic imine (C=N–C) groups is 1. The maximum absolute atomic E-state index is 5.00. The zero-order valence-corrected chi connectivity index (χ0v) is 13.0. The van der Waals surface area contributed by atoms with Crippen molar-refractivity contribution in [2.75, 3.05) is 27.3 Å². The van der Waals surface area contributed by atoms with Crippen LogP contribution in [-0.2, 0) is 11.3 Å². The fourth-order valence-corrected chi connectivity index (χ4v) is 2.37. The van der Waals surface area contributed by atoms with Crippen molar-refractivity contribution in [1.82, 2.24) is 15.6 Å². The van der Waals surface area contributed by atoms with Gasteiger partial charge in [0.05, 0.1) is 12.2 Å².